The minimum absolute atomic E-state index is 0.0295. The zero-order valence-corrected chi connectivity index (χ0v) is 14.3. The third-order valence-electron chi connectivity index (χ3n) is 3.83. The fourth-order valence-corrected chi connectivity index (χ4v) is 2.61. The molecule has 0 fully saturated rings. The van der Waals surface area contributed by atoms with Gasteiger partial charge in [-0.1, -0.05) is 0 Å². The Morgan fingerprint density at radius 3 is 2.96 bits per heavy atom. The Balaban J connectivity index is 1.69. The van der Waals surface area contributed by atoms with Gasteiger partial charge < -0.3 is 20.3 Å². The molecule has 25 heavy (non-hydrogen) atoms. The molecule has 0 aliphatic carbocycles. The first-order valence-corrected chi connectivity index (χ1v) is 8.01. The molecule has 1 aromatic carbocycles. The van der Waals surface area contributed by atoms with Gasteiger partial charge in [0.2, 0.25) is 0 Å². The Morgan fingerprint density at radius 1 is 1.48 bits per heavy atom. The van der Waals surface area contributed by atoms with Gasteiger partial charge in [-0.2, -0.15) is 5.10 Å². The van der Waals surface area contributed by atoms with E-state index in [0.717, 1.165) is 0 Å². The van der Waals surface area contributed by atoms with Crippen LogP contribution in [0.25, 0.3) is 0 Å². The molecule has 3 N–H and O–H groups in total. The van der Waals surface area contributed by atoms with Crippen LogP contribution in [0.15, 0.2) is 18.2 Å². The molecule has 0 spiro atoms. The van der Waals surface area contributed by atoms with Crippen molar-refractivity contribution in [2.45, 2.75) is 26.8 Å². The lowest BCUT2D eigenvalue weighted by atomic mass is 10.2. The number of nitrogens with one attached hydrogen (secondary N) is 3. The molecule has 2 heterocycles. The van der Waals surface area contributed by atoms with E-state index in [4.69, 9.17) is 4.74 Å². The zero-order chi connectivity index (χ0) is 18.0. The Morgan fingerprint density at radius 2 is 2.28 bits per heavy atom. The van der Waals surface area contributed by atoms with Crippen molar-refractivity contribution in [2.24, 2.45) is 0 Å². The van der Waals surface area contributed by atoms with Gasteiger partial charge in [0.15, 0.2) is 12.4 Å². The first kappa shape index (κ1) is 16.7. The first-order chi connectivity index (χ1) is 12.0. The maximum Gasteiger partial charge on any atom is 0.319 e. The average Bonchev–Trinajstić information content (AvgIpc) is 3.01. The van der Waals surface area contributed by atoms with Gasteiger partial charge in [-0.15, -0.1) is 0 Å². The number of nitrogens with zero attached hydrogens (tertiary/aromatic N) is 3. The van der Waals surface area contributed by atoms with E-state index in [9.17, 15) is 9.59 Å². The van der Waals surface area contributed by atoms with Crippen molar-refractivity contribution in [3.63, 3.8) is 0 Å². The van der Waals surface area contributed by atoms with Crippen LogP contribution in [0.5, 0.6) is 5.75 Å². The number of fused-ring (bicyclic) bond motifs is 1. The van der Waals surface area contributed by atoms with E-state index in [2.05, 4.69) is 25.8 Å². The number of aromatic amines is 1. The second kappa shape index (κ2) is 6.80. The molecule has 0 saturated carbocycles. The van der Waals surface area contributed by atoms with Crippen LogP contribution < -0.4 is 20.3 Å². The summed E-state index contributed by atoms with van der Waals surface area (Å²) in [5.74, 6) is 1.71. The van der Waals surface area contributed by atoms with Gasteiger partial charge in [-0.25, -0.2) is 9.78 Å². The van der Waals surface area contributed by atoms with Crippen molar-refractivity contribution >= 4 is 23.3 Å². The number of anilines is 2. The standard InChI is InChI=1S/C16H20N6O3/c1-4-22-12-7-11(5-6-13(12)25-8-14(22)23)19-16(24)17-9(2)15-18-10(3)20-21-15/h5-7,9H,4,8H2,1-3H3,(H2,17,19,24)(H,18,20,21)/t9-/m1/s1. The number of hydrogen-bond acceptors (Lipinski definition) is 5. The summed E-state index contributed by atoms with van der Waals surface area (Å²) < 4.78 is 5.41. The highest BCUT2D eigenvalue weighted by atomic mass is 16.5. The molecule has 1 atom stereocenters. The lowest BCUT2D eigenvalue weighted by Crippen LogP contribution is -2.38. The molecule has 9 heteroatoms. The van der Waals surface area contributed by atoms with E-state index >= 15 is 0 Å². The third kappa shape index (κ3) is 3.54. The van der Waals surface area contributed by atoms with Gasteiger partial charge in [0.1, 0.15) is 11.6 Å². The van der Waals surface area contributed by atoms with Crippen molar-refractivity contribution in [3.05, 3.63) is 29.8 Å². The van der Waals surface area contributed by atoms with Crippen LogP contribution in [0.4, 0.5) is 16.2 Å². The molecule has 1 aromatic heterocycles. The Kier molecular flexibility index (Phi) is 4.55. The second-order valence-electron chi connectivity index (χ2n) is 5.71. The molecule has 132 valence electrons. The summed E-state index contributed by atoms with van der Waals surface area (Å²) >= 11 is 0. The molecule has 0 bridgehead atoms. The van der Waals surface area contributed by atoms with E-state index in [1.807, 2.05) is 6.92 Å². The first-order valence-electron chi connectivity index (χ1n) is 8.01. The van der Waals surface area contributed by atoms with Crippen LogP contribution in [0.2, 0.25) is 0 Å². The van der Waals surface area contributed by atoms with E-state index in [1.54, 1.807) is 36.9 Å². The van der Waals surface area contributed by atoms with Gasteiger partial charge in [0, 0.05) is 12.2 Å². The predicted molar refractivity (Wildman–Crippen MR) is 91.7 cm³/mol. The van der Waals surface area contributed by atoms with Crippen molar-refractivity contribution in [1.29, 1.82) is 0 Å². The minimum atomic E-state index is -0.388. The lowest BCUT2D eigenvalue weighted by Gasteiger charge is -2.28. The number of hydrogen-bond donors (Lipinski definition) is 3. The number of ether oxygens (including phenoxy) is 1. The summed E-state index contributed by atoms with van der Waals surface area (Å²) in [6.45, 7) is 6.04. The number of urea groups is 1. The van der Waals surface area contributed by atoms with Crippen LogP contribution >= 0.6 is 0 Å². The van der Waals surface area contributed by atoms with Gasteiger partial charge in [0.05, 0.1) is 11.7 Å². The van der Waals surface area contributed by atoms with Crippen molar-refractivity contribution in [1.82, 2.24) is 20.5 Å². The molecule has 2 aromatic rings. The van der Waals surface area contributed by atoms with Gasteiger partial charge in [-0.05, 0) is 39.0 Å². The number of carbonyl (C=O) groups is 2. The SMILES string of the molecule is CCN1C(=O)COc2ccc(NC(=O)N[C@H](C)c3n[nH]c(C)n3)cc21. The molecule has 0 saturated heterocycles. The van der Waals surface area contributed by atoms with Crippen molar-refractivity contribution in [2.75, 3.05) is 23.4 Å². The number of aromatic nitrogens is 3. The van der Waals surface area contributed by atoms with Crippen LogP contribution in [0.3, 0.4) is 0 Å². The average molecular weight is 344 g/mol. The van der Waals surface area contributed by atoms with E-state index in [0.29, 0.717) is 35.3 Å². The monoisotopic (exact) mass is 344 g/mol. The molecule has 3 amide bonds. The number of carbonyl (C=O) groups excluding carboxylic acids is 2. The fourth-order valence-electron chi connectivity index (χ4n) is 2.61. The fraction of sp³-hybridized carbons (Fsp3) is 0.375. The molecule has 3 rings (SSSR count). The summed E-state index contributed by atoms with van der Waals surface area (Å²) in [7, 11) is 0. The van der Waals surface area contributed by atoms with Gasteiger partial charge in [-0.3, -0.25) is 9.89 Å². The second-order valence-corrected chi connectivity index (χ2v) is 5.71. The normalized spacial score (nSPS) is 14.5. The molecule has 9 nitrogen and oxygen atoms in total. The molecule has 1 aliphatic heterocycles. The molecule has 0 unspecified atom stereocenters. The summed E-state index contributed by atoms with van der Waals surface area (Å²) in [5.41, 5.74) is 1.21. The van der Waals surface area contributed by atoms with E-state index in [1.165, 1.54) is 0 Å². The molecular weight excluding hydrogens is 324 g/mol. The largest absolute Gasteiger partial charge is 0.482 e. The van der Waals surface area contributed by atoms with Crippen LogP contribution in [-0.4, -0.2) is 40.3 Å². The Bertz CT molecular complexity index is 803. The number of aryl methyl sites for hydroxylation is 1. The predicted octanol–water partition coefficient (Wildman–Crippen LogP) is 1.74. The number of H-pyrrole nitrogens is 1. The summed E-state index contributed by atoms with van der Waals surface area (Å²) in [6.07, 6.45) is 0. The summed E-state index contributed by atoms with van der Waals surface area (Å²) in [4.78, 5) is 29.9. The highest BCUT2D eigenvalue weighted by Crippen LogP contribution is 2.34. The molecule has 1 aliphatic rings. The maximum atomic E-state index is 12.2. The Hall–Kier alpha value is -3.10. The summed E-state index contributed by atoms with van der Waals surface area (Å²) in [5, 5.41) is 12.3. The van der Waals surface area contributed by atoms with Crippen LogP contribution in [0.1, 0.15) is 31.5 Å². The highest BCUT2D eigenvalue weighted by Gasteiger charge is 2.24. The number of amides is 3. The van der Waals surface area contributed by atoms with Crippen LogP contribution in [0, 0.1) is 6.92 Å². The number of benzene rings is 1. The lowest BCUT2D eigenvalue weighted by molar-refractivity contribution is -0.121. The van der Waals surface area contributed by atoms with Crippen molar-refractivity contribution < 1.29 is 14.3 Å². The van der Waals surface area contributed by atoms with E-state index in [-0.39, 0.29) is 24.6 Å². The minimum Gasteiger partial charge on any atom is -0.482 e. The maximum absolute atomic E-state index is 12.2. The smallest absolute Gasteiger partial charge is 0.319 e. The topological polar surface area (TPSA) is 112 Å². The molecular formula is C16H20N6O3. The van der Waals surface area contributed by atoms with Gasteiger partial charge >= 0.3 is 6.03 Å². The quantitative estimate of drug-likeness (QED) is 0.782. The molecule has 0 radical (unpaired) electrons. The number of likely N-dealkylation sites (N-methyl/N-ethyl adjacent to an activating group) is 1. The van der Waals surface area contributed by atoms with Gasteiger partial charge in [0.25, 0.3) is 5.91 Å². The number of rotatable bonds is 4. The third-order valence-corrected chi connectivity index (χ3v) is 3.83. The highest BCUT2D eigenvalue weighted by molar-refractivity contribution is 5.99. The van der Waals surface area contributed by atoms with E-state index < -0.39 is 0 Å². The summed E-state index contributed by atoms with van der Waals surface area (Å²) in [6, 6.07) is 4.45. The van der Waals surface area contributed by atoms with Crippen molar-refractivity contribution in [3.8, 4) is 5.75 Å². The van der Waals surface area contributed by atoms with Crippen LogP contribution in [-0.2, 0) is 4.79 Å². The Labute approximate surface area is 144 Å². The zero-order valence-electron chi connectivity index (χ0n) is 14.3.